The van der Waals surface area contributed by atoms with Gasteiger partial charge in [0, 0.05) is 37.7 Å². The molecule has 23 heavy (non-hydrogen) atoms. The first kappa shape index (κ1) is 17.2. The summed E-state index contributed by atoms with van der Waals surface area (Å²) in [5, 5.41) is 5.62. The molecule has 2 N–H and O–H groups in total. The number of carbonyl (C=O) groups is 2. The lowest BCUT2D eigenvalue weighted by molar-refractivity contribution is -0.123. The standard InChI is InChI=1S/C17H25N3O3/c1-11(2)23-16-5-4-13(10-20-16)9-19-15(21)6-7-18-17(22)14-8-12(14)3/h4-5,10-12,14H,6-9H2,1-3H3,(H,18,22)(H,19,21)/t12-,14+/m0/s1. The van der Waals surface area contributed by atoms with E-state index >= 15 is 0 Å². The Bertz CT molecular complexity index is 543. The highest BCUT2D eigenvalue weighted by molar-refractivity contribution is 5.82. The molecule has 2 rings (SSSR count). The quantitative estimate of drug-likeness (QED) is 0.763. The predicted octanol–water partition coefficient (Wildman–Crippen LogP) is 1.65. The Hall–Kier alpha value is -2.11. The van der Waals surface area contributed by atoms with Gasteiger partial charge in [-0.15, -0.1) is 0 Å². The summed E-state index contributed by atoms with van der Waals surface area (Å²) in [6.45, 7) is 6.74. The van der Waals surface area contributed by atoms with Gasteiger partial charge in [-0.3, -0.25) is 9.59 Å². The van der Waals surface area contributed by atoms with Crippen LogP contribution in [0, 0.1) is 11.8 Å². The van der Waals surface area contributed by atoms with Crippen molar-refractivity contribution in [2.45, 2.75) is 46.3 Å². The van der Waals surface area contributed by atoms with Crippen LogP contribution in [0.1, 0.15) is 39.2 Å². The van der Waals surface area contributed by atoms with E-state index in [1.165, 1.54) is 0 Å². The average Bonchev–Trinajstić information content (AvgIpc) is 3.23. The van der Waals surface area contributed by atoms with Crippen molar-refractivity contribution in [2.24, 2.45) is 11.8 Å². The third-order valence-electron chi connectivity index (χ3n) is 3.74. The van der Waals surface area contributed by atoms with Crippen LogP contribution in [-0.4, -0.2) is 29.4 Å². The van der Waals surface area contributed by atoms with E-state index in [-0.39, 0.29) is 30.3 Å². The van der Waals surface area contributed by atoms with Crippen molar-refractivity contribution in [3.05, 3.63) is 23.9 Å². The number of nitrogens with one attached hydrogen (secondary N) is 2. The number of nitrogens with zero attached hydrogens (tertiary/aromatic N) is 1. The maximum atomic E-state index is 11.8. The van der Waals surface area contributed by atoms with E-state index in [4.69, 9.17) is 4.74 Å². The topological polar surface area (TPSA) is 80.3 Å². The van der Waals surface area contributed by atoms with Crippen LogP contribution < -0.4 is 15.4 Å². The van der Waals surface area contributed by atoms with Crippen molar-refractivity contribution in [1.29, 1.82) is 0 Å². The van der Waals surface area contributed by atoms with Crippen LogP contribution in [0.5, 0.6) is 5.88 Å². The van der Waals surface area contributed by atoms with E-state index in [1.54, 1.807) is 12.3 Å². The minimum Gasteiger partial charge on any atom is -0.475 e. The molecule has 0 spiro atoms. The van der Waals surface area contributed by atoms with Gasteiger partial charge in [0.25, 0.3) is 0 Å². The Labute approximate surface area is 137 Å². The SMILES string of the molecule is CC(C)Oc1ccc(CNC(=O)CCNC(=O)[C@@H]2C[C@@H]2C)cn1. The van der Waals surface area contributed by atoms with Crippen LogP contribution in [0.3, 0.4) is 0 Å². The molecule has 2 atom stereocenters. The first-order valence-electron chi connectivity index (χ1n) is 8.11. The first-order chi connectivity index (χ1) is 11.0. The lowest BCUT2D eigenvalue weighted by atomic mass is 10.2. The monoisotopic (exact) mass is 319 g/mol. The van der Waals surface area contributed by atoms with E-state index in [9.17, 15) is 9.59 Å². The van der Waals surface area contributed by atoms with Crippen molar-refractivity contribution >= 4 is 11.8 Å². The fourth-order valence-corrected chi connectivity index (χ4v) is 2.23. The number of hydrogen-bond donors (Lipinski definition) is 2. The van der Waals surface area contributed by atoms with Gasteiger partial charge >= 0.3 is 0 Å². The number of pyridine rings is 1. The Kier molecular flexibility index (Phi) is 5.96. The molecule has 1 aliphatic carbocycles. The molecular weight excluding hydrogens is 294 g/mol. The zero-order chi connectivity index (χ0) is 16.8. The van der Waals surface area contributed by atoms with Crippen molar-refractivity contribution in [3.8, 4) is 5.88 Å². The lowest BCUT2D eigenvalue weighted by Gasteiger charge is -2.09. The second kappa shape index (κ2) is 7.94. The van der Waals surface area contributed by atoms with Gasteiger partial charge < -0.3 is 15.4 Å². The molecular formula is C17H25N3O3. The van der Waals surface area contributed by atoms with Crippen molar-refractivity contribution in [2.75, 3.05) is 6.54 Å². The first-order valence-corrected chi connectivity index (χ1v) is 8.11. The molecule has 1 saturated carbocycles. The van der Waals surface area contributed by atoms with Gasteiger partial charge in [0.05, 0.1) is 6.10 Å². The van der Waals surface area contributed by atoms with Crippen molar-refractivity contribution < 1.29 is 14.3 Å². The van der Waals surface area contributed by atoms with E-state index in [2.05, 4.69) is 22.5 Å². The minimum absolute atomic E-state index is 0.0650. The Balaban J connectivity index is 1.63. The van der Waals surface area contributed by atoms with Gasteiger partial charge in [-0.2, -0.15) is 0 Å². The molecule has 0 radical (unpaired) electrons. The lowest BCUT2D eigenvalue weighted by Crippen LogP contribution is -2.31. The Morgan fingerprint density at radius 1 is 1.35 bits per heavy atom. The van der Waals surface area contributed by atoms with E-state index < -0.39 is 0 Å². The predicted molar refractivity (Wildman–Crippen MR) is 86.7 cm³/mol. The van der Waals surface area contributed by atoms with Crippen LogP contribution in [0.4, 0.5) is 0 Å². The van der Waals surface area contributed by atoms with Gasteiger partial charge in [0.2, 0.25) is 17.7 Å². The fourth-order valence-electron chi connectivity index (χ4n) is 2.23. The summed E-state index contributed by atoms with van der Waals surface area (Å²) in [5.41, 5.74) is 0.908. The molecule has 6 heteroatoms. The molecule has 0 aliphatic heterocycles. The van der Waals surface area contributed by atoms with Crippen LogP contribution in [0.2, 0.25) is 0 Å². The molecule has 1 fully saturated rings. The highest BCUT2D eigenvalue weighted by Gasteiger charge is 2.38. The van der Waals surface area contributed by atoms with E-state index in [0.29, 0.717) is 24.9 Å². The summed E-state index contributed by atoms with van der Waals surface area (Å²) in [6.07, 6.45) is 3.02. The molecule has 0 saturated heterocycles. The molecule has 0 bridgehead atoms. The smallest absolute Gasteiger partial charge is 0.223 e. The van der Waals surface area contributed by atoms with Gasteiger partial charge in [-0.25, -0.2) is 4.98 Å². The summed E-state index contributed by atoms with van der Waals surface area (Å²) in [6, 6.07) is 3.67. The molecule has 1 heterocycles. The highest BCUT2D eigenvalue weighted by atomic mass is 16.5. The molecule has 1 aromatic heterocycles. The molecule has 1 aromatic rings. The van der Waals surface area contributed by atoms with Gasteiger partial charge in [-0.05, 0) is 31.7 Å². The van der Waals surface area contributed by atoms with Crippen LogP contribution in [-0.2, 0) is 16.1 Å². The molecule has 2 amide bonds. The van der Waals surface area contributed by atoms with Crippen LogP contribution >= 0.6 is 0 Å². The summed E-state index contributed by atoms with van der Waals surface area (Å²) < 4.78 is 5.46. The molecule has 1 aliphatic rings. The van der Waals surface area contributed by atoms with Crippen LogP contribution in [0.25, 0.3) is 0 Å². The minimum atomic E-state index is -0.0864. The van der Waals surface area contributed by atoms with Crippen molar-refractivity contribution in [3.63, 3.8) is 0 Å². The van der Waals surface area contributed by atoms with E-state index in [1.807, 2.05) is 19.9 Å². The third kappa shape index (κ3) is 5.88. The average molecular weight is 319 g/mol. The number of rotatable bonds is 8. The summed E-state index contributed by atoms with van der Waals surface area (Å²) in [5.74, 6) is 1.19. The number of hydrogen-bond acceptors (Lipinski definition) is 4. The van der Waals surface area contributed by atoms with Gasteiger partial charge in [0.1, 0.15) is 0 Å². The van der Waals surface area contributed by atoms with Crippen LogP contribution in [0.15, 0.2) is 18.3 Å². The Morgan fingerprint density at radius 3 is 2.65 bits per heavy atom. The second-order valence-electron chi connectivity index (χ2n) is 6.31. The Morgan fingerprint density at radius 2 is 2.09 bits per heavy atom. The zero-order valence-electron chi connectivity index (χ0n) is 14.0. The van der Waals surface area contributed by atoms with Gasteiger partial charge in [0.15, 0.2) is 0 Å². The number of amides is 2. The second-order valence-corrected chi connectivity index (χ2v) is 6.31. The largest absolute Gasteiger partial charge is 0.475 e. The molecule has 6 nitrogen and oxygen atoms in total. The van der Waals surface area contributed by atoms with E-state index in [0.717, 1.165) is 12.0 Å². The maximum Gasteiger partial charge on any atom is 0.223 e. The maximum absolute atomic E-state index is 11.8. The van der Waals surface area contributed by atoms with Gasteiger partial charge in [-0.1, -0.05) is 13.0 Å². The summed E-state index contributed by atoms with van der Waals surface area (Å²) in [7, 11) is 0. The molecule has 0 unspecified atom stereocenters. The highest BCUT2D eigenvalue weighted by Crippen LogP contribution is 2.37. The number of carbonyl (C=O) groups excluding carboxylic acids is 2. The normalized spacial score (nSPS) is 19.3. The molecule has 0 aromatic carbocycles. The third-order valence-corrected chi connectivity index (χ3v) is 3.74. The zero-order valence-corrected chi connectivity index (χ0v) is 14.0. The molecule has 126 valence electrons. The summed E-state index contributed by atoms with van der Waals surface area (Å²) >= 11 is 0. The number of ether oxygens (including phenoxy) is 1. The number of aromatic nitrogens is 1. The van der Waals surface area contributed by atoms with Crippen molar-refractivity contribution in [1.82, 2.24) is 15.6 Å². The fraction of sp³-hybridized carbons (Fsp3) is 0.588. The summed E-state index contributed by atoms with van der Waals surface area (Å²) in [4.78, 5) is 27.6.